The van der Waals surface area contributed by atoms with Gasteiger partial charge in [-0.25, -0.2) is 0 Å². The first-order valence-electron chi connectivity index (χ1n) is 7.92. The molecule has 0 amide bonds. The normalized spacial score (nSPS) is 9.88. The van der Waals surface area contributed by atoms with Gasteiger partial charge in [-0.05, 0) is 23.8 Å². The van der Waals surface area contributed by atoms with Gasteiger partial charge in [0.05, 0.1) is 0 Å². The summed E-state index contributed by atoms with van der Waals surface area (Å²) in [5, 5.41) is 12.0. The van der Waals surface area contributed by atoms with Gasteiger partial charge in [-0.1, -0.05) is 91.0 Å². The first kappa shape index (κ1) is 18.9. The van der Waals surface area contributed by atoms with E-state index in [1.807, 2.05) is 0 Å². The predicted octanol–water partition coefficient (Wildman–Crippen LogP) is 2.94. The largest absolute Gasteiger partial charge is 0.439 e. The van der Waals surface area contributed by atoms with Crippen molar-refractivity contribution in [2.24, 2.45) is 0 Å². The fourth-order valence-corrected chi connectivity index (χ4v) is 4.57. The average molecular weight is 352 g/mol. The van der Waals surface area contributed by atoms with Crippen LogP contribution in [0.2, 0.25) is 0 Å². The number of ether oxygens (including phenoxy) is 1. The number of hydrogen-bond acceptors (Lipinski definition) is 3. The van der Waals surface area contributed by atoms with E-state index in [1.165, 1.54) is 22.8 Å². The predicted molar refractivity (Wildman–Crippen MR) is 104 cm³/mol. The summed E-state index contributed by atoms with van der Waals surface area (Å²) < 4.78 is 3.96. The Morgan fingerprint density at radius 3 is 1.28 bits per heavy atom. The molecule has 3 aromatic carbocycles. The minimum atomic E-state index is -0.519. The molecule has 0 unspecified atom stereocenters. The van der Waals surface area contributed by atoms with Crippen LogP contribution in [0.25, 0.3) is 0 Å². The molecule has 0 aliphatic heterocycles. The third kappa shape index (κ3) is 6.15. The second-order valence-electron chi connectivity index (χ2n) is 5.11. The van der Waals surface area contributed by atoms with Crippen LogP contribution in [0.15, 0.2) is 91.0 Å². The molecule has 0 fully saturated rings. The quantitative estimate of drug-likeness (QED) is 0.446. The van der Waals surface area contributed by atoms with Crippen molar-refractivity contribution >= 4 is 29.8 Å². The van der Waals surface area contributed by atoms with Crippen molar-refractivity contribution < 1.29 is 14.6 Å². The second-order valence-corrected chi connectivity index (χ2v) is 7.33. The lowest BCUT2D eigenvalue weighted by atomic mass is 10.4. The summed E-state index contributed by atoms with van der Waals surface area (Å²) in [6.07, 6.45) is 0. The molecule has 0 bridgehead atoms. The maximum atomic E-state index is 9.66. The molecule has 25 heavy (non-hydrogen) atoms. The second kappa shape index (κ2) is 10.4. The minimum absolute atomic E-state index is 0.446. The van der Waals surface area contributed by atoms with Crippen LogP contribution >= 0.6 is 7.92 Å². The molecule has 3 nitrogen and oxygen atoms in total. The Morgan fingerprint density at radius 1 is 0.760 bits per heavy atom. The highest BCUT2D eigenvalue weighted by Crippen LogP contribution is 2.32. The highest BCUT2D eigenvalue weighted by molar-refractivity contribution is 7.79. The summed E-state index contributed by atoms with van der Waals surface area (Å²) in [4.78, 5) is 9.66. The molecule has 128 valence electrons. The number of rotatable bonds is 4. The van der Waals surface area contributed by atoms with Crippen LogP contribution in [0.3, 0.4) is 0 Å². The zero-order chi connectivity index (χ0) is 17.9. The van der Waals surface area contributed by atoms with Crippen LogP contribution < -0.4 is 15.9 Å². The molecule has 3 rings (SSSR count). The Labute approximate surface area is 149 Å². The van der Waals surface area contributed by atoms with Gasteiger partial charge in [-0.15, -0.1) is 0 Å². The van der Waals surface area contributed by atoms with Gasteiger partial charge in [0.1, 0.15) is 0 Å². The van der Waals surface area contributed by atoms with E-state index in [0.717, 1.165) is 0 Å². The van der Waals surface area contributed by atoms with Crippen molar-refractivity contribution in [3.8, 4) is 0 Å². The molecule has 0 saturated carbocycles. The lowest BCUT2D eigenvalue weighted by Crippen LogP contribution is -2.20. The van der Waals surface area contributed by atoms with Gasteiger partial charge in [0.15, 0.2) is 6.79 Å². The summed E-state index contributed by atoms with van der Waals surface area (Å²) in [5.74, 6) is -0.461. The summed E-state index contributed by atoms with van der Waals surface area (Å²) in [6.45, 7) is 0.714. The fraction of sp³-hybridized carbons (Fsp3) is 0.0952. The molecule has 4 heteroatoms. The molecule has 0 heterocycles. The molecule has 0 radical (unpaired) electrons. The van der Waals surface area contributed by atoms with E-state index in [9.17, 15) is 4.79 Å². The highest BCUT2D eigenvalue weighted by Gasteiger charge is 2.14. The van der Waals surface area contributed by atoms with Crippen LogP contribution in [-0.4, -0.2) is 17.9 Å². The van der Waals surface area contributed by atoms with Crippen molar-refractivity contribution in [2.75, 3.05) is 6.79 Å². The molecule has 0 aliphatic rings. The molecule has 0 aromatic heterocycles. The number of aliphatic hydroxyl groups excluding tert-OH is 1. The Kier molecular flexibility index (Phi) is 7.84. The summed E-state index contributed by atoms with van der Waals surface area (Å²) in [6, 6.07) is 32.3. The topological polar surface area (TPSA) is 46.5 Å². The smallest absolute Gasteiger partial charge is 0.304 e. The van der Waals surface area contributed by atoms with Crippen molar-refractivity contribution in [1.29, 1.82) is 0 Å². The van der Waals surface area contributed by atoms with E-state index >= 15 is 0 Å². The monoisotopic (exact) mass is 352 g/mol. The van der Waals surface area contributed by atoms with Gasteiger partial charge < -0.3 is 9.84 Å². The Bertz CT molecular complexity index is 652. The highest BCUT2D eigenvalue weighted by atomic mass is 31.1. The van der Waals surface area contributed by atoms with Gasteiger partial charge in [-0.2, -0.15) is 0 Å². The molecule has 1 N–H and O–H groups in total. The summed E-state index contributed by atoms with van der Waals surface area (Å²) in [7, 11) is -0.446. The number of hydrogen-bond donors (Lipinski definition) is 1. The van der Waals surface area contributed by atoms with Crippen LogP contribution in [0.4, 0.5) is 0 Å². The zero-order valence-corrected chi connectivity index (χ0v) is 15.0. The van der Waals surface area contributed by atoms with Crippen molar-refractivity contribution in [3.63, 3.8) is 0 Å². The third-order valence-corrected chi connectivity index (χ3v) is 5.75. The van der Waals surface area contributed by atoms with Gasteiger partial charge in [0.2, 0.25) is 0 Å². The number of aliphatic hydroxyl groups is 1. The first-order chi connectivity index (χ1) is 12.2. The van der Waals surface area contributed by atoms with Crippen LogP contribution in [-0.2, 0) is 9.53 Å². The van der Waals surface area contributed by atoms with E-state index in [2.05, 4.69) is 95.7 Å². The maximum Gasteiger partial charge on any atom is 0.304 e. The van der Waals surface area contributed by atoms with E-state index < -0.39 is 20.7 Å². The zero-order valence-electron chi connectivity index (χ0n) is 14.1. The number of carbonyl (C=O) groups excluding carboxylic acids is 1. The Hall–Kier alpha value is -2.48. The average Bonchev–Trinajstić information content (AvgIpc) is 2.65. The molecule has 0 spiro atoms. The van der Waals surface area contributed by atoms with Gasteiger partial charge in [0.25, 0.3) is 0 Å². The molecule has 0 aliphatic carbocycles. The van der Waals surface area contributed by atoms with Gasteiger partial charge in [-0.3, -0.25) is 4.79 Å². The molecule has 0 atom stereocenters. The van der Waals surface area contributed by atoms with E-state index in [-0.39, 0.29) is 0 Å². The van der Waals surface area contributed by atoms with E-state index in [0.29, 0.717) is 0 Å². The lowest BCUT2D eigenvalue weighted by Gasteiger charge is -2.18. The molecular formula is C21H21O3P. The number of carbonyl (C=O) groups is 1. The molecule has 0 saturated heterocycles. The Morgan fingerprint density at radius 2 is 1.08 bits per heavy atom. The number of esters is 1. The molecular weight excluding hydrogens is 331 g/mol. The minimum Gasteiger partial charge on any atom is -0.439 e. The molecule has 3 aromatic rings. The standard InChI is InChI=1S/C18H15P.C3H6O3/c1-4-10-16(11-5-1)19(17-12-6-2-7-13-17)18-14-8-3-9-15-18;1-3(5)6-2-4/h1-15H;4H,2H2,1H3. The Balaban J connectivity index is 0.000000326. The van der Waals surface area contributed by atoms with Crippen LogP contribution in [0, 0.1) is 0 Å². The van der Waals surface area contributed by atoms with Gasteiger partial charge in [0, 0.05) is 6.92 Å². The van der Waals surface area contributed by atoms with Crippen molar-refractivity contribution in [3.05, 3.63) is 91.0 Å². The number of benzene rings is 3. The summed E-state index contributed by atoms with van der Waals surface area (Å²) >= 11 is 0. The van der Waals surface area contributed by atoms with Crippen molar-refractivity contribution in [1.82, 2.24) is 0 Å². The van der Waals surface area contributed by atoms with Crippen molar-refractivity contribution in [2.45, 2.75) is 6.92 Å². The van der Waals surface area contributed by atoms with Crippen LogP contribution in [0.1, 0.15) is 6.92 Å². The van der Waals surface area contributed by atoms with E-state index in [4.69, 9.17) is 5.11 Å². The fourth-order valence-electron chi connectivity index (χ4n) is 2.27. The van der Waals surface area contributed by atoms with E-state index in [1.54, 1.807) is 0 Å². The maximum absolute atomic E-state index is 9.66. The summed E-state index contributed by atoms with van der Waals surface area (Å²) in [5.41, 5.74) is 0. The van der Waals surface area contributed by atoms with Gasteiger partial charge >= 0.3 is 5.97 Å². The third-order valence-electron chi connectivity index (χ3n) is 3.31. The lowest BCUT2D eigenvalue weighted by molar-refractivity contribution is -0.148. The SMILES string of the molecule is CC(=O)OCO.c1ccc(P(c2ccccc2)c2ccccc2)cc1. The van der Waals surface area contributed by atoms with Crippen LogP contribution in [0.5, 0.6) is 0 Å². The first-order valence-corrected chi connectivity index (χ1v) is 9.26.